The summed E-state index contributed by atoms with van der Waals surface area (Å²) in [6.07, 6.45) is 3.33. The van der Waals surface area contributed by atoms with Gasteiger partial charge in [-0.1, -0.05) is 53.2 Å². The Morgan fingerprint density at radius 1 is 1.10 bits per heavy atom. The number of halogens is 2. The monoisotopic (exact) mass is 444 g/mol. The van der Waals surface area contributed by atoms with Gasteiger partial charge in [-0.05, 0) is 36.8 Å². The predicted molar refractivity (Wildman–Crippen MR) is 115 cm³/mol. The van der Waals surface area contributed by atoms with E-state index in [1.807, 2.05) is 13.0 Å². The van der Waals surface area contributed by atoms with Crippen LogP contribution >= 0.6 is 35.0 Å². The molecule has 0 aliphatic rings. The molecule has 0 fully saturated rings. The third-order valence-corrected chi connectivity index (χ3v) is 5.88. The second-order valence-electron chi connectivity index (χ2n) is 6.27. The van der Waals surface area contributed by atoms with E-state index >= 15 is 0 Å². The first kappa shape index (κ1) is 19.7. The number of benzene rings is 2. The number of hydrogen-bond donors (Lipinski definition) is 0. The van der Waals surface area contributed by atoms with Gasteiger partial charge in [0.15, 0.2) is 10.9 Å². The summed E-state index contributed by atoms with van der Waals surface area (Å²) in [6.45, 7) is 1.90. The Hall–Kier alpha value is -2.61. The lowest BCUT2D eigenvalue weighted by molar-refractivity contribution is 0.102. The molecule has 0 aliphatic heterocycles. The predicted octanol–water partition coefficient (Wildman–Crippen LogP) is 4.47. The number of aromatic nitrogens is 4. The fraction of sp³-hybridized carbons (Fsp3) is 0.100. The van der Waals surface area contributed by atoms with Crippen LogP contribution in [-0.2, 0) is 0 Å². The first-order valence-corrected chi connectivity index (χ1v) is 10.3. The number of carbonyl (C=O) groups excluding carboxylic acids is 1. The standard InChI is InChI=1S/C20H14Cl2N4O2S/c1-12-6-7-13(21)10-16(12)25-8-9-26-18(19(25)28)23-24-20(26)29-11-17(27)14-4-2-3-5-15(14)22/h2-10H,11H2,1H3. The van der Waals surface area contributed by atoms with Crippen LogP contribution in [0.5, 0.6) is 0 Å². The van der Waals surface area contributed by atoms with Crippen molar-refractivity contribution in [2.45, 2.75) is 12.1 Å². The van der Waals surface area contributed by atoms with E-state index in [-0.39, 0.29) is 22.7 Å². The van der Waals surface area contributed by atoms with Crippen molar-refractivity contribution in [3.8, 4) is 5.69 Å². The number of rotatable bonds is 5. The molecule has 2 aromatic carbocycles. The molecule has 0 atom stereocenters. The van der Waals surface area contributed by atoms with Crippen LogP contribution in [-0.4, -0.2) is 30.7 Å². The second-order valence-corrected chi connectivity index (χ2v) is 8.06. The molecule has 0 amide bonds. The van der Waals surface area contributed by atoms with Crippen LogP contribution in [0.3, 0.4) is 0 Å². The highest BCUT2D eigenvalue weighted by Crippen LogP contribution is 2.22. The molecule has 4 aromatic rings. The molecule has 0 radical (unpaired) electrons. The van der Waals surface area contributed by atoms with Crippen molar-refractivity contribution < 1.29 is 4.79 Å². The third-order valence-electron chi connectivity index (χ3n) is 4.38. The molecule has 2 heterocycles. The lowest BCUT2D eigenvalue weighted by Crippen LogP contribution is -2.21. The maximum atomic E-state index is 12.9. The van der Waals surface area contributed by atoms with Crippen molar-refractivity contribution >= 4 is 46.4 Å². The van der Waals surface area contributed by atoms with E-state index in [0.717, 1.165) is 5.56 Å². The molecule has 9 heteroatoms. The van der Waals surface area contributed by atoms with Crippen molar-refractivity contribution in [2.75, 3.05) is 5.75 Å². The zero-order chi connectivity index (χ0) is 20.5. The summed E-state index contributed by atoms with van der Waals surface area (Å²) in [5.74, 6) is 0.00123. The van der Waals surface area contributed by atoms with Crippen molar-refractivity contribution in [1.29, 1.82) is 0 Å². The summed E-state index contributed by atoms with van der Waals surface area (Å²) in [5.41, 5.74) is 1.87. The molecule has 6 nitrogen and oxygen atoms in total. The molecule has 4 rings (SSSR count). The van der Waals surface area contributed by atoms with Gasteiger partial charge in [0.25, 0.3) is 0 Å². The summed E-state index contributed by atoms with van der Waals surface area (Å²) < 4.78 is 3.05. The maximum Gasteiger partial charge on any atom is 0.300 e. The Balaban J connectivity index is 1.64. The quantitative estimate of drug-likeness (QED) is 0.335. The van der Waals surface area contributed by atoms with Gasteiger partial charge in [0.2, 0.25) is 5.65 Å². The zero-order valence-corrected chi connectivity index (χ0v) is 17.5. The molecular weight excluding hydrogens is 431 g/mol. The number of hydrogen-bond acceptors (Lipinski definition) is 5. The Labute approximate surface area is 180 Å². The molecule has 146 valence electrons. The molecule has 0 unspecified atom stereocenters. The van der Waals surface area contributed by atoms with Crippen LogP contribution < -0.4 is 5.56 Å². The van der Waals surface area contributed by atoms with Crippen molar-refractivity contribution in [2.24, 2.45) is 0 Å². The van der Waals surface area contributed by atoms with Crippen molar-refractivity contribution in [1.82, 2.24) is 19.2 Å². The minimum absolute atomic E-state index is 0.125. The molecule has 29 heavy (non-hydrogen) atoms. The Kier molecular flexibility index (Phi) is 5.45. The number of aryl methyl sites for hydroxylation is 1. The highest BCUT2D eigenvalue weighted by molar-refractivity contribution is 7.99. The highest BCUT2D eigenvalue weighted by Gasteiger charge is 2.16. The first-order chi connectivity index (χ1) is 14.0. The molecular formula is C20H14Cl2N4O2S. The minimum atomic E-state index is -0.324. The number of fused-ring (bicyclic) bond motifs is 1. The maximum absolute atomic E-state index is 12.9. The molecule has 0 N–H and O–H groups in total. The summed E-state index contributed by atoms with van der Waals surface area (Å²) in [6, 6.07) is 12.2. The summed E-state index contributed by atoms with van der Waals surface area (Å²) in [7, 11) is 0. The molecule has 2 aromatic heterocycles. The average Bonchev–Trinajstić information content (AvgIpc) is 3.13. The summed E-state index contributed by atoms with van der Waals surface area (Å²) in [4.78, 5) is 25.3. The molecule has 0 bridgehead atoms. The first-order valence-electron chi connectivity index (χ1n) is 8.59. The van der Waals surface area contributed by atoms with Crippen molar-refractivity contribution in [3.05, 3.63) is 86.4 Å². The fourth-order valence-corrected chi connectivity index (χ4v) is 4.10. The van der Waals surface area contributed by atoms with Gasteiger partial charge in [0.1, 0.15) is 0 Å². The summed E-state index contributed by atoms with van der Waals surface area (Å²) in [5, 5.41) is 9.48. The van der Waals surface area contributed by atoms with Crippen LogP contribution in [0.1, 0.15) is 15.9 Å². The van der Waals surface area contributed by atoms with Crippen LogP contribution in [0.2, 0.25) is 10.0 Å². The van der Waals surface area contributed by atoms with Gasteiger partial charge >= 0.3 is 5.56 Å². The SMILES string of the molecule is Cc1ccc(Cl)cc1-n1ccn2c(SCC(=O)c3ccccc3Cl)nnc2c1=O. The molecule has 0 saturated heterocycles. The van der Waals surface area contributed by atoms with Crippen LogP contribution in [0.25, 0.3) is 11.3 Å². The van der Waals surface area contributed by atoms with E-state index in [2.05, 4.69) is 10.2 Å². The van der Waals surface area contributed by atoms with Gasteiger partial charge < -0.3 is 0 Å². The lowest BCUT2D eigenvalue weighted by Gasteiger charge is -2.10. The number of ketones is 1. The van der Waals surface area contributed by atoms with Gasteiger partial charge in [-0.3, -0.25) is 18.6 Å². The number of Topliss-reactive ketones (excluding diaryl/α,β-unsaturated/α-hetero) is 1. The Morgan fingerprint density at radius 2 is 1.90 bits per heavy atom. The third kappa shape index (κ3) is 3.81. The summed E-state index contributed by atoms with van der Waals surface area (Å²) >= 11 is 13.4. The van der Waals surface area contributed by atoms with Gasteiger partial charge in [0, 0.05) is 23.0 Å². The van der Waals surface area contributed by atoms with E-state index in [1.165, 1.54) is 16.3 Å². The lowest BCUT2D eigenvalue weighted by atomic mass is 10.1. The minimum Gasteiger partial charge on any atom is -0.293 e. The molecule has 0 saturated carbocycles. The van der Waals surface area contributed by atoms with Gasteiger partial charge in [-0.15, -0.1) is 10.2 Å². The zero-order valence-electron chi connectivity index (χ0n) is 15.2. The van der Waals surface area contributed by atoms with E-state index in [9.17, 15) is 9.59 Å². The topological polar surface area (TPSA) is 69.3 Å². The van der Waals surface area contributed by atoms with Crippen LogP contribution in [0, 0.1) is 6.92 Å². The number of thioether (sulfide) groups is 1. The smallest absolute Gasteiger partial charge is 0.293 e. The number of carbonyl (C=O) groups is 1. The van der Waals surface area contributed by atoms with Crippen LogP contribution in [0.15, 0.2) is 64.8 Å². The van der Waals surface area contributed by atoms with Gasteiger partial charge in [0.05, 0.1) is 16.5 Å². The van der Waals surface area contributed by atoms with Gasteiger partial charge in [-0.25, -0.2) is 0 Å². The second kappa shape index (κ2) is 8.02. The largest absolute Gasteiger partial charge is 0.300 e. The Morgan fingerprint density at radius 3 is 2.69 bits per heavy atom. The van der Waals surface area contributed by atoms with E-state index in [0.29, 0.717) is 26.5 Å². The molecule has 0 aliphatic carbocycles. The van der Waals surface area contributed by atoms with Crippen LogP contribution in [0.4, 0.5) is 0 Å². The number of nitrogens with zero attached hydrogens (tertiary/aromatic N) is 4. The average molecular weight is 445 g/mol. The molecule has 0 spiro atoms. The van der Waals surface area contributed by atoms with Crippen molar-refractivity contribution in [3.63, 3.8) is 0 Å². The van der Waals surface area contributed by atoms with E-state index in [1.54, 1.807) is 53.2 Å². The fourth-order valence-electron chi connectivity index (χ4n) is 2.89. The Bertz CT molecular complexity index is 1300. The van der Waals surface area contributed by atoms with E-state index < -0.39 is 0 Å². The highest BCUT2D eigenvalue weighted by atomic mass is 35.5. The van der Waals surface area contributed by atoms with Gasteiger partial charge in [-0.2, -0.15) is 0 Å². The van der Waals surface area contributed by atoms with E-state index in [4.69, 9.17) is 23.2 Å². The normalized spacial score (nSPS) is 11.1.